The van der Waals surface area contributed by atoms with Crippen LogP contribution in [-0.4, -0.2) is 30.0 Å². The molecule has 1 aromatic rings. The predicted molar refractivity (Wildman–Crippen MR) is 58.4 cm³/mol. The third-order valence-corrected chi connectivity index (χ3v) is 3.89. The van der Waals surface area contributed by atoms with E-state index in [1.165, 1.54) is 6.39 Å². The fourth-order valence-corrected chi connectivity index (χ4v) is 2.67. The Hall–Kier alpha value is -0.870. The first-order chi connectivity index (χ1) is 7.10. The van der Waals surface area contributed by atoms with Gasteiger partial charge in [-0.05, 0) is 46.3 Å². The number of aromatic nitrogens is 1. The van der Waals surface area contributed by atoms with Crippen LogP contribution < -0.4 is 5.73 Å². The fraction of sp³-hybridized carbons (Fsp3) is 0.727. The molecule has 0 saturated carbocycles. The second-order valence-electron chi connectivity index (χ2n) is 4.56. The third-order valence-electron chi connectivity index (χ3n) is 3.89. The summed E-state index contributed by atoms with van der Waals surface area (Å²) in [5, 5.41) is 0. The molecule has 0 aliphatic carbocycles. The van der Waals surface area contributed by atoms with Crippen LogP contribution in [0.1, 0.15) is 24.8 Å². The van der Waals surface area contributed by atoms with Crippen LogP contribution in [0, 0.1) is 12.8 Å². The van der Waals surface area contributed by atoms with Gasteiger partial charge in [0.1, 0.15) is 5.76 Å². The summed E-state index contributed by atoms with van der Waals surface area (Å²) in [5.41, 5.74) is 6.73. The van der Waals surface area contributed by atoms with Gasteiger partial charge in [0.15, 0.2) is 6.39 Å². The molecular weight excluding hydrogens is 190 g/mol. The zero-order chi connectivity index (χ0) is 11.1. The molecule has 4 nitrogen and oxygen atoms in total. The summed E-state index contributed by atoms with van der Waals surface area (Å²) in [6, 6.07) is 0. The van der Waals surface area contributed by atoms with Crippen LogP contribution in [0.3, 0.4) is 0 Å². The van der Waals surface area contributed by atoms with E-state index in [4.69, 9.17) is 10.2 Å². The summed E-state index contributed by atoms with van der Waals surface area (Å²) in [7, 11) is 2.12. The van der Waals surface area contributed by atoms with Crippen molar-refractivity contribution in [2.24, 2.45) is 11.7 Å². The van der Waals surface area contributed by atoms with Crippen molar-refractivity contribution in [1.82, 2.24) is 9.88 Å². The van der Waals surface area contributed by atoms with Gasteiger partial charge in [-0.1, -0.05) is 0 Å². The van der Waals surface area contributed by atoms with E-state index in [0.29, 0.717) is 12.5 Å². The molecule has 1 saturated heterocycles. The molecule has 0 spiro atoms. The molecule has 2 N–H and O–H groups in total. The number of rotatable bonds is 2. The Morgan fingerprint density at radius 1 is 1.73 bits per heavy atom. The van der Waals surface area contributed by atoms with E-state index in [-0.39, 0.29) is 5.54 Å². The molecule has 2 unspecified atom stereocenters. The van der Waals surface area contributed by atoms with Gasteiger partial charge in [0.05, 0.1) is 11.2 Å². The molecule has 1 aliphatic rings. The zero-order valence-corrected chi connectivity index (χ0v) is 9.66. The summed E-state index contributed by atoms with van der Waals surface area (Å²) in [4.78, 5) is 6.49. The van der Waals surface area contributed by atoms with Crippen molar-refractivity contribution >= 4 is 0 Å². The molecule has 1 fully saturated rings. The van der Waals surface area contributed by atoms with E-state index in [9.17, 15) is 0 Å². The highest BCUT2D eigenvalue weighted by Crippen LogP contribution is 2.42. The van der Waals surface area contributed by atoms with Crippen molar-refractivity contribution in [3.8, 4) is 0 Å². The lowest BCUT2D eigenvalue weighted by Crippen LogP contribution is -2.42. The van der Waals surface area contributed by atoms with E-state index in [1.807, 2.05) is 6.92 Å². The number of hydrogen-bond donors (Lipinski definition) is 1. The first kappa shape index (κ1) is 10.6. The van der Waals surface area contributed by atoms with Crippen LogP contribution in [0.15, 0.2) is 10.8 Å². The highest BCUT2D eigenvalue weighted by molar-refractivity contribution is 5.20. The van der Waals surface area contributed by atoms with Gasteiger partial charge in [-0.15, -0.1) is 0 Å². The summed E-state index contributed by atoms with van der Waals surface area (Å²) in [6.45, 7) is 5.95. The molecule has 1 aliphatic heterocycles. The van der Waals surface area contributed by atoms with E-state index in [0.717, 1.165) is 24.4 Å². The van der Waals surface area contributed by atoms with E-state index in [2.05, 4.69) is 23.9 Å². The van der Waals surface area contributed by atoms with Crippen molar-refractivity contribution in [3.63, 3.8) is 0 Å². The summed E-state index contributed by atoms with van der Waals surface area (Å²) < 4.78 is 5.55. The first-order valence-corrected chi connectivity index (χ1v) is 5.42. The Morgan fingerprint density at radius 2 is 2.47 bits per heavy atom. The topological polar surface area (TPSA) is 55.3 Å². The molecule has 15 heavy (non-hydrogen) atoms. The average molecular weight is 209 g/mol. The Morgan fingerprint density at radius 3 is 3.00 bits per heavy atom. The largest absolute Gasteiger partial charge is 0.446 e. The average Bonchev–Trinajstić information content (AvgIpc) is 2.74. The minimum absolute atomic E-state index is 0.0880. The molecule has 4 heteroatoms. The first-order valence-electron chi connectivity index (χ1n) is 5.42. The highest BCUT2D eigenvalue weighted by Gasteiger charge is 2.46. The Labute approximate surface area is 90.5 Å². The maximum atomic E-state index is 5.84. The SMILES string of the molecule is Cc1ncoc1C1(C)C(CN)CCN1C. The molecular formula is C11H19N3O. The second kappa shape index (κ2) is 3.61. The number of hydrogen-bond acceptors (Lipinski definition) is 4. The molecule has 84 valence electrons. The van der Waals surface area contributed by atoms with Gasteiger partial charge in [-0.25, -0.2) is 4.98 Å². The van der Waals surface area contributed by atoms with Crippen LogP contribution in [0.4, 0.5) is 0 Å². The summed E-state index contributed by atoms with van der Waals surface area (Å²) >= 11 is 0. The highest BCUT2D eigenvalue weighted by atomic mass is 16.3. The van der Waals surface area contributed by atoms with Gasteiger partial charge >= 0.3 is 0 Å². The second-order valence-corrected chi connectivity index (χ2v) is 4.56. The number of oxazole rings is 1. The molecule has 2 rings (SSSR count). The number of nitrogens with two attached hydrogens (primary N) is 1. The minimum Gasteiger partial charge on any atom is -0.446 e. The van der Waals surface area contributed by atoms with Gasteiger partial charge in [0, 0.05) is 0 Å². The smallest absolute Gasteiger partial charge is 0.181 e. The molecule has 0 bridgehead atoms. The van der Waals surface area contributed by atoms with Crippen molar-refractivity contribution in [2.45, 2.75) is 25.8 Å². The molecule has 2 atom stereocenters. The molecule has 0 amide bonds. The molecule has 0 aromatic carbocycles. The summed E-state index contributed by atoms with van der Waals surface area (Å²) in [6.07, 6.45) is 2.65. The van der Waals surface area contributed by atoms with Crippen LogP contribution in [0.2, 0.25) is 0 Å². The molecule has 0 radical (unpaired) electrons. The number of likely N-dealkylation sites (tertiary alicyclic amines) is 1. The third kappa shape index (κ3) is 1.40. The van der Waals surface area contributed by atoms with Crippen molar-refractivity contribution in [1.29, 1.82) is 0 Å². The minimum atomic E-state index is -0.0880. The number of aryl methyl sites for hydroxylation is 1. The molecule has 2 heterocycles. The van der Waals surface area contributed by atoms with E-state index < -0.39 is 0 Å². The normalized spacial score (nSPS) is 32.4. The van der Waals surface area contributed by atoms with Crippen LogP contribution in [-0.2, 0) is 5.54 Å². The van der Waals surface area contributed by atoms with Gasteiger partial charge in [0.2, 0.25) is 0 Å². The Balaban J connectivity index is 2.43. The summed E-state index contributed by atoms with van der Waals surface area (Å²) in [5.74, 6) is 1.42. The quantitative estimate of drug-likeness (QED) is 0.792. The number of nitrogens with zero attached hydrogens (tertiary/aromatic N) is 2. The Bertz CT molecular complexity index is 349. The maximum Gasteiger partial charge on any atom is 0.181 e. The van der Waals surface area contributed by atoms with Crippen molar-refractivity contribution in [3.05, 3.63) is 17.8 Å². The van der Waals surface area contributed by atoms with Crippen molar-refractivity contribution in [2.75, 3.05) is 20.1 Å². The lowest BCUT2D eigenvalue weighted by atomic mass is 9.83. The van der Waals surface area contributed by atoms with Crippen LogP contribution in [0.25, 0.3) is 0 Å². The predicted octanol–water partition coefficient (Wildman–Crippen LogP) is 1.11. The van der Waals surface area contributed by atoms with Crippen LogP contribution in [0.5, 0.6) is 0 Å². The van der Waals surface area contributed by atoms with E-state index in [1.54, 1.807) is 0 Å². The lowest BCUT2D eigenvalue weighted by Gasteiger charge is -2.35. The van der Waals surface area contributed by atoms with Gasteiger partial charge in [-0.2, -0.15) is 0 Å². The maximum absolute atomic E-state index is 5.84. The Kier molecular flexibility index (Phi) is 2.56. The van der Waals surface area contributed by atoms with Gasteiger partial charge in [-0.3, -0.25) is 4.90 Å². The van der Waals surface area contributed by atoms with Gasteiger partial charge in [0.25, 0.3) is 0 Å². The van der Waals surface area contributed by atoms with Gasteiger partial charge < -0.3 is 10.2 Å². The molecule has 1 aromatic heterocycles. The van der Waals surface area contributed by atoms with E-state index >= 15 is 0 Å². The van der Waals surface area contributed by atoms with Crippen LogP contribution >= 0.6 is 0 Å². The monoisotopic (exact) mass is 209 g/mol. The zero-order valence-electron chi connectivity index (χ0n) is 9.66. The standard InChI is InChI=1S/C11H19N3O/c1-8-10(15-7-13-8)11(2)9(6-12)4-5-14(11)3/h7,9H,4-6,12H2,1-3H3. The fourth-order valence-electron chi connectivity index (χ4n) is 2.67. The lowest BCUT2D eigenvalue weighted by molar-refractivity contribution is 0.121. The van der Waals surface area contributed by atoms with Crippen molar-refractivity contribution < 1.29 is 4.42 Å².